The first-order chi connectivity index (χ1) is 17.0. The number of ether oxygens (including phenoxy) is 2. The molecule has 0 aliphatic carbocycles. The van der Waals surface area contributed by atoms with Gasteiger partial charge in [-0.3, -0.25) is 4.79 Å². The quantitative estimate of drug-likeness (QED) is 0.250. The molecule has 0 bridgehead atoms. The molecule has 0 N–H and O–H groups in total. The lowest BCUT2D eigenvalue weighted by molar-refractivity contribution is 0.285. The van der Waals surface area contributed by atoms with Crippen LogP contribution < -0.4 is 15.0 Å². The Bertz CT molecular complexity index is 1640. The molecule has 35 heavy (non-hydrogen) atoms. The monoisotopic (exact) mass is 527 g/mol. The van der Waals surface area contributed by atoms with Gasteiger partial charge in [-0.2, -0.15) is 9.78 Å². The summed E-state index contributed by atoms with van der Waals surface area (Å²) in [5.41, 5.74) is 2.13. The van der Waals surface area contributed by atoms with Crippen LogP contribution in [-0.4, -0.2) is 23.0 Å². The molecule has 0 unspecified atom stereocenters. The van der Waals surface area contributed by atoms with Crippen LogP contribution in [0.2, 0.25) is 0 Å². The summed E-state index contributed by atoms with van der Waals surface area (Å²) in [6.45, 7) is 2.11. The number of aromatic nitrogens is 2. The summed E-state index contributed by atoms with van der Waals surface area (Å²) >= 11 is 3.42. The zero-order chi connectivity index (χ0) is 24.4. The highest BCUT2D eigenvalue weighted by Gasteiger charge is 2.12. The van der Waals surface area contributed by atoms with Crippen molar-refractivity contribution < 1.29 is 9.47 Å². The normalized spacial score (nSPS) is 11.4. The predicted octanol–water partition coefficient (Wildman–Crippen LogP) is 6.09. The van der Waals surface area contributed by atoms with Gasteiger partial charge in [0.1, 0.15) is 12.4 Å². The highest BCUT2D eigenvalue weighted by atomic mass is 79.9. The predicted molar refractivity (Wildman–Crippen MR) is 143 cm³/mol. The molecule has 0 saturated heterocycles. The van der Waals surface area contributed by atoms with Crippen LogP contribution >= 0.6 is 15.9 Å². The maximum atomic E-state index is 13.1. The van der Waals surface area contributed by atoms with Crippen LogP contribution in [0.3, 0.4) is 0 Å². The standard InChI is InChI=1S/C28H22BrN3O3/c1-18-31-25-14-13-22(29)15-24(25)28(33)32(18)30-16-20-9-6-12-26(34-2)27(20)35-17-21-10-5-8-19-7-3-4-11-23(19)21/h3-16H,17H2,1-2H3. The van der Waals surface area contributed by atoms with E-state index in [2.05, 4.69) is 44.2 Å². The number of hydrogen-bond donors (Lipinski definition) is 0. The fourth-order valence-corrected chi connectivity index (χ4v) is 4.39. The van der Waals surface area contributed by atoms with Crippen molar-refractivity contribution in [3.05, 3.63) is 111 Å². The van der Waals surface area contributed by atoms with E-state index in [1.54, 1.807) is 26.3 Å². The lowest BCUT2D eigenvalue weighted by Gasteiger charge is -2.14. The number of fused-ring (bicyclic) bond motifs is 2. The van der Waals surface area contributed by atoms with E-state index in [4.69, 9.17) is 9.47 Å². The Hall–Kier alpha value is -3.97. The van der Waals surface area contributed by atoms with Gasteiger partial charge in [0, 0.05) is 10.0 Å². The molecule has 6 nitrogen and oxygen atoms in total. The summed E-state index contributed by atoms with van der Waals surface area (Å²) in [4.78, 5) is 17.6. The van der Waals surface area contributed by atoms with Crippen molar-refractivity contribution in [2.24, 2.45) is 5.10 Å². The highest BCUT2D eigenvalue weighted by Crippen LogP contribution is 2.31. The van der Waals surface area contributed by atoms with Gasteiger partial charge in [0.15, 0.2) is 11.5 Å². The molecular formula is C28H22BrN3O3. The van der Waals surface area contributed by atoms with E-state index in [9.17, 15) is 4.79 Å². The zero-order valence-electron chi connectivity index (χ0n) is 19.2. The Morgan fingerprint density at radius 1 is 1.00 bits per heavy atom. The molecule has 5 aromatic rings. The Morgan fingerprint density at radius 3 is 2.66 bits per heavy atom. The SMILES string of the molecule is COc1cccc(C=Nn2c(C)nc3ccc(Br)cc3c2=O)c1OCc1cccc2ccccc12. The van der Waals surface area contributed by atoms with Gasteiger partial charge in [0.2, 0.25) is 0 Å². The maximum absolute atomic E-state index is 13.1. The van der Waals surface area contributed by atoms with Gasteiger partial charge in [0.05, 0.1) is 24.2 Å². The molecule has 174 valence electrons. The van der Waals surface area contributed by atoms with E-state index < -0.39 is 0 Å². The second-order valence-electron chi connectivity index (χ2n) is 7.99. The minimum atomic E-state index is -0.244. The van der Waals surface area contributed by atoms with Crippen LogP contribution in [0.15, 0.2) is 93.2 Å². The lowest BCUT2D eigenvalue weighted by Crippen LogP contribution is -2.20. The van der Waals surface area contributed by atoms with E-state index in [0.717, 1.165) is 20.8 Å². The third-order valence-corrected chi connectivity index (χ3v) is 6.26. The molecule has 0 aliphatic rings. The number of hydrogen-bond acceptors (Lipinski definition) is 5. The third-order valence-electron chi connectivity index (χ3n) is 5.76. The van der Waals surface area contributed by atoms with Crippen LogP contribution in [0.5, 0.6) is 11.5 Å². The minimum absolute atomic E-state index is 0.244. The van der Waals surface area contributed by atoms with Gasteiger partial charge in [-0.25, -0.2) is 4.98 Å². The number of benzene rings is 4. The first-order valence-electron chi connectivity index (χ1n) is 11.0. The second-order valence-corrected chi connectivity index (χ2v) is 8.90. The smallest absolute Gasteiger partial charge is 0.282 e. The molecule has 5 rings (SSSR count). The van der Waals surface area contributed by atoms with Crippen LogP contribution in [-0.2, 0) is 6.61 Å². The fraction of sp³-hybridized carbons (Fsp3) is 0.107. The zero-order valence-corrected chi connectivity index (χ0v) is 20.8. The van der Waals surface area contributed by atoms with Crippen molar-refractivity contribution >= 4 is 43.8 Å². The molecule has 0 radical (unpaired) electrons. The Morgan fingerprint density at radius 2 is 1.80 bits per heavy atom. The Labute approximate surface area is 210 Å². The topological polar surface area (TPSA) is 65.7 Å². The Balaban J connectivity index is 1.51. The summed E-state index contributed by atoms with van der Waals surface area (Å²) in [5.74, 6) is 1.62. The van der Waals surface area contributed by atoms with Crippen molar-refractivity contribution in [3.63, 3.8) is 0 Å². The van der Waals surface area contributed by atoms with Crippen molar-refractivity contribution in [3.8, 4) is 11.5 Å². The van der Waals surface area contributed by atoms with Gasteiger partial charge in [-0.15, -0.1) is 0 Å². The molecule has 0 fully saturated rings. The summed E-state index contributed by atoms with van der Waals surface area (Å²) in [6, 6.07) is 25.3. The van der Waals surface area contributed by atoms with Gasteiger partial charge < -0.3 is 9.47 Å². The van der Waals surface area contributed by atoms with Crippen molar-refractivity contribution in [1.29, 1.82) is 0 Å². The minimum Gasteiger partial charge on any atom is -0.493 e. The lowest BCUT2D eigenvalue weighted by atomic mass is 10.1. The summed E-state index contributed by atoms with van der Waals surface area (Å²) < 4.78 is 13.9. The van der Waals surface area contributed by atoms with E-state index >= 15 is 0 Å². The van der Waals surface area contributed by atoms with E-state index in [0.29, 0.717) is 40.4 Å². The van der Waals surface area contributed by atoms with Gasteiger partial charge in [-0.05, 0) is 53.6 Å². The van der Waals surface area contributed by atoms with E-state index in [-0.39, 0.29) is 5.56 Å². The fourth-order valence-electron chi connectivity index (χ4n) is 4.03. The molecular weight excluding hydrogens is 506 g/mol. The largest absolute Gasteiger partial charge is 0.493 e. The highest BCUT2D eigenvalue weighted by molar-refractivity contribution is 9.10. The van der Waals surface area contributed by atoms with Crippen LogP contribution in [0, 0.1) is 6.92 Å². The summed E-state index contributed by atoms with van der Waals surface area (Å²) in [6.07, 6.45) is 1.60. The van der Waals surface area contributed by atoms with Gasteiger partial charge in [0.25, 0.3) is 5.56 Å². The number of para-hydroxylation sites is 1. The summed E-state index contributed by atoms with van der Waals surface area (Å²) in [5, 5.41) is 7.24. The molecule has 1 heterocycles. The average Bonchev–Trinajstić information content (AvgIpc) is 2.88. The number of methoxy groups -OCH3 is 1. The van der Waals surface area contributed by atoms with Crippen LogP contribution in [0.4, 0.5) is 0 Å². The Kier molecular flexibility index (Phi) is 6.33. The summed E-state index contributed by atoms with van der Waals surface area (Å²) in [7, 11) is 1.60. The van der Waals surface area contributed by atoms with Crippen molar-refractivity contribution in [2.45, 2.75) is 13.5 Å². The molecule has 4 aromatic carbocycles. The molecule has 0 atom stereocenters. The number of rotatable bonds is 6. The molecule has 0 aliphatic heterocycles. The third kappa shape index (κ3) is 4.55. The number of halogens is 1. The second kappa shape index (κ2) is 9.72. The average molecular weight is 528 g/mol. The molecule has 0 spiro atoms. The van der Waals surface area contributed by atoms with Crippen molar-refractivity contribution in [1.82, 2.24) is 9.66 Å². The van der Waals surface area contributed by atoms with E-state index in [1.165, 1.54) is 4.68 Å². The van der Waals surface area contributed by atoms with E-state index in [1.807, 2.05) is 54.6 Å². The first-order valence-corrected chi connectivity index (χ1v) is 11.8. The maximum Gasteiger partial charge on any atom is 0.282 e. The van der Waals surface area contributed by atoms with Crippen molar-refractivity contribution in [2.75, 3.05) is 7.11 Å². The number of aryl methyl sites for hydroxylation is 1. The molecule has 0 amide bonds. The van der Waals surface area contributed by atoms with Gasteiger partial charge >= 0.3 is 0 Å². The number of nitrogens with zero attached hydrogens (tertiary/aromatic N) is 3. The van der Waals surface area contributed by atoms with Crippen LogP contribution in [0.25, 0.3) is 21.7 Å². The molecule has 0 saturated carbocycles. The first kappa shape index (κ1) is 22.8. The molecule has 7 heteroatoms. The van der Waals surface area contributed by atoms with Gasteiger partial charge in [-0.1, -0.05) is 64.5 Å². The van der Waals surface area contributed by atoms with Crippen LogP contribution in [0.1, 0.15) is 17.0 Å². The molecule has 1 aromatic heterocycles.